The first-order chi connectivity index (χ1) is 19.2. The van der Waals surface area contributed by atoms with Crippen molar-refractivity contribution in [3.05, 3.63) is 106 Å². The van der Waals surface area contributed by atoms with Crippen molar-refractivity contribution in [1.29, 1.82) is 0 Å². The molecule has 8 nitrogen and oxygen atoms in total. The van der Waals surface area contributed by atoms with E-state index in [0.29, 0.717) is 27.4 Å². The molecule has 4 rings (SSSR count). The molecule has 0 aliphatic carbocycles. The van der Waals surface area contributed by atoms with Gasteiger partial charge in [0.2, 0.25) is 5.91 Å². The van der Waals surface area contributed by atoms with Crippen LogP contribution in [-0.2, 0) is 9.53 Å². The normalized spacial score (nSPS) is 10.5. The topological polar surface area (TPSA) is 114 Å². The molecule has 1 heterocycles. The monoisotopic (exact) mass is 577 g/mol. The Morgan fingerprint density at radius 2 is 1.52 bits per heavy atom. The lowest BCUT2D eigenvalue weighted by Crippen LogP contribution is -2.16. The molecule has 0 atom stereocenters. The summed E-state index contributed by atoms with van der Waals surface area (Å²) in [5, 5.41) is 8.47. The van der Waals surface area contributed by atoms with Gasteiger partial charge in [-0.1, -0.05) is 24.3 Å². The Hall–Kier alpha value is -4.48. The van der Waals surface area contributed by atoms with Gasteiger partial charge in [0.1, 0.15) is 10.8 Å². The number of para-hydroxylation sites is 1. The number of rotatable bonds is 9. The van der Waals surface area contributed by atoms with Gasteiger partial charge in [0, 0.05) is 21.8 Å². The maximum Gasteiger partial charge on any atom is 0.341 e. The second kappa shape index (κ2) is 13.0. The highest BCUT2D eigenvalue weighted by molar-refractivity contribution is 8.00. The van der Waals surface area contributed by atoms with Crippen molar-refractivity contribution in [2.75, 3.05) is 28.8 Å². The molecule has 3 N–H and O–H groups in total. The van der Waals surface area contributed by atoms with Gasteiger partial charge in [-0.05, 0) is 67.1 Å². The van der Waals surface area contributed by atoms with Crippen LogP contribution in [0.15, 0.2) is 83.8 Å². The number of carbonyl (C=O) groups is 4. The van der Waals surface area contributed by atoms with Gasteiger partial charge >= 0.3 is 5.97 Å². The number of esters is 1. The number of carbonyl (C=O) groups excluding carboxylic acids is 4. The summed E-state index contributed by atoms with van der Waals surface area (Å²) in [4.78, 5) is 51.6. The van der Waals surface area contributed by atoms with Crippen LogP contribution in [0.3, 0.4) is 0 Å². The molecular weight excluding hydrogens is 553 g/mol. The summed E-state index contributed by atoms with van der Waals surface area (Å²) in [6.07, 6.45) is 0. The molecule has 4 aromatic rings. The van der Waals surface area contributed by atoms with E-state index in [0.717, 1.165) is 11.3 Å². The van der Waals surface area contributed by atoms with Crippen LogP contribution < -0.4 is 16.0 Å². The number of benzene rings is 3. The fourth-order valence-electron chi connectivity index (χ4n) is 3.66. The van der Waals surface area contributed by atoms with Crippen molar-refractivity contribution in [2.24, 2.45) is 0 Å². The molecule has 0 aliphatic rings. The van der Waals surface area contributed by atoms with Crippen molar-refractivity contribution >= 4 is 63.2 Å². The lowest BCUT2D eigenvalue weighted by Gasteiger charge is -2.08. The minimum atomic E-state index is -0.667. The minimum Gasteiger partial charge on any atom is -0.465 e. The van der Waals surface area contributed by atoms with Gasteiger partial charge in [-0.2, -0.15) is 0 Å². The van der Waals surface area contributed by atoms with Crippen LogP contribution in [0.4, 0.5) is 20.8 Å². The van der Waals surface area contributed by atoms with Crippen LogP contribution in [0.25, 0.3) is 0 Å². The zero-order chi connectivity index (χ0) is 28.6. The molecular formula is C29H24FN3O5S2. The van der Waals surface area contributed by atoms with Crippen LogP contribution in [0.5, 0.6) is 0 Å². The molecule has 11 heteroatoms. The van der Waals surface area contributed by atoms with Crippen molar-refractivity contribution in [3.63, 3.8) is 0 Å². The number of hydrogen-bond acceptors (Lipinski definition) is 7. The second-order valence-corrected chi connectivity index (χ2v) is 10.5. The molecule has 0 aliphatic heterocycles. The molecule has 3 amide bonds. The zero-order valence-electron chi connectivity index (χ0n) is 21.4. The van der Waals surface area contributed by atoms with E-state index in [1.54, 1.807) is 55.5 Å². The van der Waals surface area contributed by atoms with Gasteiger partial charge in [0.15, 0.2) is 0 Å². The summed E-state index contributed by atoms with van der Waals surface area (Å²) in [6, 6.07) is 21.0. The van der Waals surface area contributed by atoms with Gasteiger partial charge in [0.25, 0.3) is 11.8 Å². The van der Waals surface area contributed by atoms with Crippen molar-refractivity contribution in [2.45, 2.75) is 11.8 Å². The number of nitrogens with one attached hydrogen (secondary N) is 3. The number of anilines is 3. The standard InChI is InChI=1S/C29H24FN3O5S2/c1-17-24(29(37)38-2)28(40-25(17)27(36)31-20-7-4-3-5-8-20)33-23(34)16-39-22-10-6-9-21(15-22)32-26(35)18-11-13-19(30)14-12-18/h3-15H,16H2,1-2H3,(H,31,36)(H,32,35)(H,33,34). The van der Waals surface area contributed by atoms with Crippen LogP contribution in [-0.4, -0.2) is 36.6 Å². The quantitative estimate of drug-likeness (QED) is 0.161. The molecule has 0 saturated heterocycles. The van der Waals surface area contributed by atoms with E-state index in [-0.39, 0.29) is 21.2 Å². The third-order valence-corrected chi connectivity index (χ3v) is 7.80. The summed E-state index contributed by atoms with van der Waals surface area (Å²) in [7, 11) is 1.23. The second-order valence-electron chi connectivity index (χ2n) is 8.40. The molecule has 0 unspecified atom stereocenters. The largest absolute Gasteiger partial charge is 0.465 e. The van der Waals surface area contributed by atoms with E-state index in [4.69, 9.17) is 4.74 Å². The Kier molecular flexibility index (Phi) is 9.31. The lowest BCUT2D eigenvalue weighted by atomic mass is 10.1. The SMILES string of the molecule is COC(=O)c1c(NC(=O)CSc2cccc(NC(=O)c3ccc(F)cc3)c2)sc(C(=O)Nc2ccccc2)c1C. The number of halogens is 1. The highest BCUT2D eigenvalue weighted by atomic mass is 32.2. The molecule has 0 spiro atoms. The number of methoxy groups -OCH3 is 1. The Morgan fingerprint density at radius 1 is 0.850 bits per heavy atom. The van der Waals surface area contributed by atoms with Crippen molar-refractivity contribution in [3.8, 4) is 0 Å². The third-order valence-electron chi connectivity index (χ3n) is 5.60. The van der Waals surface area contributed by atoms with E-state index in [9.17, 15) is 23.6 Å². The molecule has 40 heavy (non-hydrogen) atoms. The van der Waals surface area contributed by atoms with Crippen molar-refractivity contribution in [1.82, 2.24) is 0 Å². The molecule has 1 aromatic heterocycles. The van der Waals surface area contributed by atoms with Gasteiger partial charge in [0.05, 0.1) is 23.3 Å². The van der Waals surface area contributed by atoms with E-state index >= 15 is 0 Å². The molecule has 204 valence electrons. The van der Waals surface area contributed by atoms with Crippen LogP contribution in [0.1, 0.15) is 36.0 Å². The van der Waals surface area contributed by atoms with Gasteiger partial charge < -0.3 is 20.7 Å². The first-order valence-electron chi connectivity index (χ1n) is 11.9. The van der Waals surface area contributed by atoms with Crippen molar-refractivity contribution < 1.29 is 28.3 Å². The fourth-order valence-corrected chi connectivity index (χ4v) is 5.52. The van der Waals surface area contributed by atoms with Crippen LogP contribution in [0, 0.1) is 12.7 Å². The fraction of sp³-hybridized carbons (Fsp3) is 0.103. The smallest absolute Gasteiger partial charge is 0.341 e. The molecule has 0 fully saturated rings. The van der Waals surface area contributed by atoms with Gasteiger partial charge in [-0.15, -0.1) is 23.1 Å². The summed E-state index contributed by atoms with van der Waals surface area (Å²) < 4.78 is 18.0. The summed E-state index contributed by atoms with van der Waals surface area (Å²) in [6.45, 7) is 1.62. The molecule has 0 bridgehead atoms. The van der Waals surface area contributed by atoms with Gasteiger partial charge in [-0.3, -0.25) is 14.4 Å². The molecule has 3 aromatic carbocycles. The predicted octanol–water partition coefficient (Wildman–Crippen LogP) is 6.22. The summed E-state index contributed by atoms with van der Waals surface area (Å²) in [5.74, 6) is -2.30. The maximum absolute atomic E-state index is 13.1. The number of amides is 3. The van der Waals surface area contributed by atoms with Crippen LogP contribution >= 0.6 is 23.1 Å². The van der Waals surface area contributed by atoms with E-state index in [1.807, 2.05) is 6.07 Å². The average Bonchev–Trinajstić information content (AvgIpc) is 3.28. The Bertz CT molecular complexity index is 1560. The van der Waals surface area contributed by atoms with E-state index < -0.39 is 29.5 Å². The predicted molar refractivity (Wildman–Crippen MR) is 155 cm³/mol. The third kappa shape index (κ3) is 7.13. The lowest BCUT2D eigenvalue weighted by molar-refractivity contribution is -0.113. The van der Waals surface area contributed by atoms with Crippen LogP contribution in [0.2, 0.25) is 0 Å². The van der Waals surface area contributed by atoms with E-state index in [2.05, 4.69) is 16.0 Å². The summed E-state index contributed by atoms with van der Waals surface area (Å²) in [5.41, 5.74) is 1.93. The first-order valence-corrected chi connectivity index (χ1v) is 13.7. The van der Waals surface area contributed by atoms with E-state index in [1.165, 1.54) is 43.1 Å². The number of thiophene rings is 1. The Balaban J connectivity index is 1.42. The average molecular weight is 578 g/mol. The zero-order valence-corrected chi connectivity index (χ0v) is 23.1. The molecule has 0 saturated carbocycles. The molecule has 0 radical (unpaired) electrons. The highest BCUT2D eigenvalue weighted by Crippen LogP contribution is 2.34. The maximum atomic E-state index is 13.1. The first kappa shape index (κ1) is 28.5. The summed E-state index contributed by atoms with van der Waals surface area (Å²) >= 11 is 2.21. The van der Waals surface area contributed by atoms with Gasteiger partial charge in [-0.25, -0.2) is 9.18 Å². The number of hydrogen-bond donors (Lipinski definition) is 3. The number of thioether (sulfide) groups is 1. The minimum absolute atomic E-state index is 0.00152. The highest BCUT2D eigenvalue weighted by Gasteiger charge is 2.26. The Labute approximate surface area is 237 Å². The Morgan fingerprint density at radius 3 is 2.23 bits per heavy atom. The number of ether oxygens (including phenoxy) is 1.